The lowest BCUT2D eigenvalue weighted by molar-refractivity contribution is -0.121. The van der Waals surface area contributed by atoms with E-state index in [4.69, 9.17) is 4.74 Å². The van der Waals surface area contributed by atoms with Crippen molar-refractivity contribution in [3.05, 3.63) is 0 Å². The first-order valence-electron chi connectivity index (χ1n) is 6.79. The fourth-order valence-corrected chi connectivity index (χ4v) is 2.21. The summed E-state index contributed by atoms with van der Waals surface area (Å²) in [5, 5.41) is 6.39. The minimum absolute atomic E-state index is 0.185. The van der Waals surface area contributed by atoms with E-state index in [0.717, 1.165) is 51.4 Å². The third kappa shape index (κ3) is 7.34. The van der Waals surface area contributed by atoms with Gasteiger partial charge in [0.25, 0.3) is 0 Å². The van der Waals surface area contributed by atoms with Crippen LogP contribution in [0.15, 0.2) is 0 Å². The average molecular weight is 242 g/mol. The van der Waals surface area contributed by atoms with Crippen LogP contribution < -0.4 is 10.6 Å². The molecule has 100 valence electrons. The molecule has 0 saturated carbocycles. The number of hydrogen-bond acceptors (Lipinski definition) is 3. The normalized spacial score (nSPS) is 20.2. The molecule has 17 heavy (non-hydrogen) atoms. The highest BCUT2D eigenvalue weighted by Gasteiger charge is 2.12. The number of amides is 1. The van der Waals surface area contributed by atoms with E-state index in [1.165, 1.54) is 12.8 Å². The van der Waals surface area contributed by atoms with Crippen LogP contribution in [-0.2, 0) is 9.53 Å². The van der Waals surface area contributed by atoms with Crippen molar-refractivity contribution in [2.24, 2.45) is 5.92 Å². The number of carbonyl (C=O) groups is 1. The van der Waals surface area contributed by atoms with Crippen LogP contribution in [0.3, 0.4) is 0 Å². The Kier molecular flexibility index (Phi) is 8.01. The Morgan fingerprint density at radius 3 is 3.06 bits per heavy atom. The molecule has 1 rings (SSSR count). The standard InChI is InChI=1S/C13H26N2O2/c1-17-10-3-2-6-13(16)15-9-7-12-5-4-8-14-11-12/h12,14H,2-11H2,1H3,(H,15,16). The summed E-state index contributed by atoms with van der Waals surface area (Å²) in [6.07, 6.45) is 6.20. The second-order valence-corrected chi connectivity index (χ2v) is 4.80. The van der Waals surface area contributed by atoms with Gasteiger partial charge in [-0.3, -0.25) is 4.79 Å². The Hall–Kier alpha value is -0.610. The van der Waals surface area contributed by atoms with E-state index < -0.39 is 0 Å². The Bertz CT molecular complexity index is 204. The Morgan fingerprint density at radius 2 is 2.35 bits per heavy atom. The Labute approximate surface area is 104 Å². The second-order valence-electron chi connectivity index (χ2n) is 4.80. The van der Waals surface area contributed by atoms with Gasteiger partial charge >= 0.3 is 0 Å². The molecule has 4 nitrogen and oxygen atoms in total. The molecular formula is C13H26N2O2. The van der Waals surface area contributed by atoms with Gasteiger partial charge in [-0.15, -0.1) is 0 Å². The summed E-state index contributed by atoms with van der Waals surface area (Å²) in [6.45, 7) is 3.85. The zero-order chi connectivity index (χ0) is 12.3. The second kappa shape index (κ2) is 9.42. The van der Waals surface area contributed by atoms with Gasteiger partial charge in [-0.1, -0.05) is 0 Å². The molecule has 1 amide bonds. The van der Waals surface area contributed by atoms with Gasteiger partial charge in [-0.05, 0) is 51.1 Å². The summed E-state index contributed by atoms with van der Waals surface area (Å²) in [7, 11) is 1.69. The monoisotopic (exact) mass is 242 g/mol. The summed E-state index contributed by atoms with van der Waals surface area (Å²) >= 11 is 0. The minimum Gasteiger partial charge on any atom is -0.385 e. The maximum absolute atomic E-state index is 11.5. The highest BCUT2D eigenvalue weighted by Crippen LogP contribution is 2.12. The zero-order valence-corrected chi connectivity index (χ0v) is 11.0. The van der Waals surface area contributed by atoms with Crippen molar-refractivity contribution in [1.29, 1.82) is 0 Å². The zero-order valence-electron chi connectivity index (χ0n) is 11.0. The van der Waals surface area contributed by atoms with Crippen molar-refractivity contribution < 1.29 is 9.53 Å². The molecule has 1 unspecified atom stereocenters. The van der Waals surface area contributed by atoms with E-state index in [2.05, 4.69) is 10.6 Å². The summed E-state index contributed by atoms with van der Waals surface area (Å²) < 4.78 is 4.95. The van der Waals surface area contributed by atoms with E-state index in [1.54, 1.807) is 7.11 Å². The maximum atomic E-state index is 11.5. The van der Waals surface area contributed by atoms with Crippen LogP contribution >= 0.6 is 0 Å². The van der Waals surface area contributed by atoms with Crippen LogP contribution in [0.1, 0.15) is 38.5 Å². The van der Waals surface area contributed by atoms with Gasteiger partial charge in [0.15, 0.2) is 0 Å². The van der Waals surface area contributed by atoms with Crippen molar-refractivity contribution in [2.75, 3.05) is 33.4 Å². The topological polar surface area (TPSA) is 50.4 Å². The lowest BCUT2D eigenvalue weighted by atomic mass is 9.96. The third-order valence-corrected chi connectivity index (χ3v) is 3.28. The number of piperidine rings is 1. The van der Waals surface area contributed by atoms with Crippen LogP contribution in [0.25, 0.3) is 0 Å². The first kappa shape index (κ1) is 14.5. The Balaban J connectivity index is 1.92. The van der Waals surface area contributed by atoms with Crippen molar-refractivity contribution in [1.82, 2.24) is 10.6 Å². The first-order chi connectivity index (χ1) is 8.33. The number of unbranched alkanes of at least 4 members (excludes halogenated alkanes) is 1. The predicted molar refractivity (Wildman–Crippen MR) is 68.9 cm³/mol. The summed E-state index contributed by atoms with van der Waals surface area (Å²) in [5.74, 6) is 0.933. The third-order valence-electron chi connectivity index (χ3n) is 3.28. The number of rotatable bonds is 8. The van der Waals surface area contributed by atoms with E-state index >= 15 is 0 Å². The molecule has 1 aliphatic rings. The van der Waals surface area contributed by atoms with E-state index in [9.17, 15) is 4.79 Å². The van der Waals surface area contributed by atoms with Crippen LogP contribution in [0.2, 0.25) is 0 Å². The van der Waals surface area contributed by atoms with Crippen molar-refractivity contribution in [2.45, 2.75) is 38.5 Å². The van der Waals surface area contributed by atoms with Crippen LogP contribution in [0, 0.1) is 5.92 Å². The number of carbonyl (C=O) groups excluding carboxylic acids is 1. The van der Waals surface area contributed by atoms with Gasteiger partial charge < -0.3 is 15.4 Å². The smallest absolute Gasteiger partial charge is 0.219 e. The first-order valence-corrected chi connectivity index (χ1v) is 6.79. The summed E-state index contributed by atoms with van der Waals surface area (Å²) in [4.78, 5) is 11.5. The number of ether oxygens (including phenoxy) is 1. The molecular weight excluding hydrogens is 216 g/mol. The van der Waals surface area contributed by atoms with Crippen LogP contribution in [0.5, 0.6) is 0 Å². The SMILES string of the molecule is COCCCCC(=O)NCCC1CCCNC1. The van der Waals surface area contributed by atoms with Crippen molar-refractivity contribution in [3.63, 3.8) is 0 Å². The molecule has 1 saturated heterocycles. The van der Waals surface area contributed by atoms with Gasteiger partial charge in [-0.2, -0.15) is 0 Å². The molecule has 0 aromatic carbocycles. The lowest BCUT2D eigenvalue weighted by Crippen LogP contribution is -2.33. The predicted octanol–water partition coefficient (Wildman–Crippen LogP) is 1.31. The lowest BCUT2D eigenvalue weighted by Gasteiger charge is -2.22. The fraction of sp³-hybridized carbons (Fsp3) is 0.923. The quantitative estimate of drug-likeness (QED) is 0.631. The highest BCUT2D eigenvalue weighted by atomic mass is 16.5. The average Bonchev–Trinajstić information content (AvgIpc) is 2.36. The molecule has 0 bridgehead atoms. The fourth-order valence-electron chi connectivity index (χ4n) is 2.21. The van der Waals surface area contributed by atoms with Gasteiger partial charge in [0.1, 0.15) is 0 Å². The molecule has 0 radical (unpaired) electrons. The molecule has 2 N–H and O–H groups in total. The van der Waals surface area contributed by atoms with E-state index in [1.807, 2.05) is 0 Å². The van der Waals surface area contributed by atoms with Gasteiger partial charge in [0.2, 0.25) is 5.91 Å². The van der Waals surface area contributed by atoms with Crippen molar-refractivity contribution >= 4 is 5.91 Å². The number of nitrogens with one attached hydrogen (secondary N) is 2. The van der Waals surface area contributed by atoms with Gasteiger partial charge in [0, 0.05) is 26.7 Å². The van der Waals surface area contributed by atoms with Crippen LogP contribution in [0.4, 0.5) is 0 Å². The Morgan fingerprint density at radius 1 is 1.47 bits per heavy atom. The van der Waals surface area contributed by atoms with Gasteiger partial charge in [-0.25, -0.2) is 0 Å². The number of hydrogen-bond donors (Lipinski definition) is 2. The molecule has 0 aliphatic carbocycles. The molecule has 0 aromatic heterocycles. The molecule has 1 heterocycles. The molecule has 1 fully saturated rings. The van der Waals surface area contributed by atoms with Gasteiger partial charge in [0.05, 0.1) is 0 Å². The van der Waals surface area contributed by atoms with E-state index in [0.29, 0.717) is 6.42 Å². The highest BCUT2D eigenvalue weighted by molar-refractivity contribution is 5.75. The van der Waals surface area contributed by atoms with E-state index in [-0.39, 0.29) is 5.91 Å². The molecule has 0 spiro atoms. The maximum Gasteiger partial charge on any atom is 0.219 e. The molecule has 1 atom stereocenters. The molecule has 1 aliphatic heterocycles. The molecule has 4 heteroatoms. The van der Waals surface area contributed by atoms with Crippen LogP contribution in [-0.4, -0.2) is 39.3 Å². The minimum atomic E-state index is 0.185. The van der Waals surface area contributed by atoms with Crippen molar-refractivity contribution in [3.8, 4) is 0 Å². The summed E-state index contributed by atoms with van der Waals surface area (Å²) in [6, 6.07) is 0. The molecule has 0 aromatic rings. The largest absolute Gasteiger partial charge is 0.385 e. The number of methoxy groups -OCH3 is 1. The summed E-state index contributed by atoms with van der Waals surface area (Å²) in [5.41, 5.74) is 0.